The Morgan fingerprint density at radius 2 is 2.00 bits per heavy atom. The second-order valence-electron chi connectivity index (χ2n) is 4.97. The minimum Gasteiger partial charge on any atom is -0.389 e. The molecule has 0 unspecified atom stereocenters. The highest BCUT2D eigenvalue weighted by molar-refractivity contribution is 5.75. The third-order valence-corrected chi connectivity index (χ3v) is 3.17. The normalized spacial score (nSPS) is 19.7. The largest absolute Gasteiger partial charge is 0.389 e. The smallest absolute Gasteiger partial charge is 0.129 e. The standard InChI is InChI=1S/C12H23NO2/c1-11(14)6-5-9-13(2)10-12(15)7-3-4-8-12/h15H,3-10H2,1-2H3. The highest BCUT2D eigenvalue weighted by atomic mass is 16.3. The van der Waals surface area contributed by atoms with Crippen LogP contribution in [0.1, 0.15) is 45.4 Å². The molecule has 3 nitrogen and oxygen atoms in total. The zero-order chi connectivity index (χ0) is 11.3. The molecule has 0 heterocycles. The van der Waals surface area contributed by atoms with Crippen LogP contribution in [0.15, 0.2) is 0 Å². The fourth-order valence-corrected chi connectivity index (χ4v) is 2.37. The van der Waals surface area contributed by atoms with E-state index < -0.39 is 5.60 Å². The predicted octanol–water partition coefficient (Wildman–Crippen LogP) is 1.59. The van der Waals surface area contributed by atoms with Crippen LogP contribution in [0.4, 0.5) is 0 Å². The lowest BCUT2D eigenvalue weighted by Crippen LogP contribution is -2.39. The molecule has 3 heteroatoms. The van der Waals surface area contributed by atoms with Gasteiger partial charge in [0.1, 0.15) is 5.78 Å². The molecular weight excluding hydrogens is 190 g/mol. The molecule has 1 rings (SSSR count). The first-order chi connectivity index (χ1) is 7.02. The van der Waals surface area contributed by atoms with E-state index in [1.807, 2.05) is 7.05 Å². The van der Waals surface area contributed by atoms with Gasteiger partial charge in [0.2, 0.25) is 0 Å². The molecule has 0 aliphatic heterocycles. The van der Waals surface area contributed by atoms with Gasteiger partial charge in [0.25, 0.3) is 0 Å². The first-order valence-corrected chi connectivity index (χ1v) is 5.92. The van der Waals surface area contributed by atoms with Crippen molar-refractivity contribution >= 4 is 5.78 Å². The van der Waals surface area contributed by atoms with Crippen molar-refractivity contribution in [3.63, 3.8) is 0 Å². The minimum atomic E-state index is -0.453. The molecule has 15 heavy (non-hydrogen) atoms. The fraction of sp³-hybridized carbons (Fsp3) is 0.917. The molecule has 1 N–H and O–H groups in total. The van der Waals surface area contributed by atoms with E-state index in [1.165, 1.54) is 0 Å². The third kappa shape index (κ3) is 4.76. The van der Waals surface area contributed by atoms with Crippen LogP contribution in [0.5, 0.6) is 0 Å². The number of likely N-dealkylation sites (N-methyl/N-ethyl adjacent to an activating group) is 1. The van der Waals surface area contributed by atoms with Gasteiger partial charge in [-0.05, 0) is 39.8 Å². The fourth-order valence-electron chi connectivity index (χ4n) is 2.37. The number of ketones is 1. The minimum absolute atomic E-state index is 0.253. The summed E-state index contributed by atoms with van der Waals surface area (Å²) >= 11 is 0. The number of hydrogen-bond donors (Lipinski definition) is 1. The van der Waals surface area contributed by atoms with Gasteiger partial charge in [-0.2, -0.15) is 0 Å². The molecule has 1 fully saturated rings. The van der Waals surface area contributed by atoms with Gasteiger partial charge in [-0.3, -0.25) is 0 Å². The predicted molar refractivity (Wildman–Crippen MR) is 60.8 cm³/mol. The number of hydrogen-bond acceptors (Lipinski definition) is 3. The van der Waals surface area contributed by atoms with Crippen molar-refractivity contribution in [3.05, 3.63) is 0 Å². The summed E-state index contributed by atoms with van der Waals surface area (Å²) in [5.74, 6) is 0.253. The summed E-state index contributed by atoms with van der Waals surface area (Å²) in [5.41, 5.74) is -0.453. The zero-order valence-corrected chi connectivity index (χ0v) is 9.96. The van der Waals surface area contributed by atoms with Crippen LogP contribution in [0, 0.1) is 0 Å². The lowest BCUT2D eigenvalue weighted by Gasteiger charge is -2.28. The Hall–Kier alpha value is -0.410. The van der Waals surface area contributed by atoms with Crippen molar-refractivity contribution in [2.24, 2.45) is 0 Å². The highest BCUT2D eigenvalue weighted by Gasteiger charge is 2.31. The summed E-state index contributed by atoms with van der Waals surface area (Å²) in [6, 6.07) is 0. The summed E-state index contributed by atoms with van der Waals surface area (Å²) in [6.45, 7) is 3.29. The van der Waals surface area contributed by atoms with E-state index in [1.54, 1.807) is 6.92 Å². The van der Waals surface area contributed by atoms with Crippen molar-refractivity contribution in [2.75, 3.05) is 20.1 Å². The van der Waals surface area contributed by atoms with Gasteiger partial charge in [-0.25, -0.2) is 0 Å². The molecule has 1 saturated carbocycles. The molecule has 0 saturated heterocycles. The number of nitrogens with zero attached hydrogens (tertiary/aromatic N) is 1. The van der Waals surface area contributed by atoms with Gasteiger partial charge >= 0.3 is 0 Å². The topological polar surface area (TPSA) is 40.5 Å². The number of Topliss-reactive ketones (excluding diaryl/α,β-unsaturated/α-hetero) is 1. The lowest BCUT2D eigenvalue weighted by atomic mass is 10.0. The van der Waals surface area contributed by atoms with E-state index in [0.717, 1.165) is 45.2 Å². The van der Waals surface area contributed by atoms with Crippen LogP contribution < -0.4 is 0 Å². The van der Waals surface area contributed by atoms with Crippen molar-refractivity contribution in [1.29, 1.82) is 0 Å². The Bertz CT molecular complexity index is 210. The van der Waals surface area contributed by atoms with Gasteiger partial charge in [-0.1, -0.05) is 12.8 Å². The molecule has 1 aliphatic rings. The van der Waals surface area contributed by atoms with Crippen LogP contribution in [-0.2, 0) is 4.79 Å². The van der Waals surface area contributed by atoms with Crippen molar-refractivity contribution in [3.8, 4) is 0 Å². The quantitative estimate of drug-likeness (QED) is 0.728. The molecule has 0 atom stereocenters. The van der Waals surface area contributed by atoms with Crippen molar-refractivity contribution in [2.45, 2.75) is 51.0 Å². The molecular formula is C12H23NO2. The molecule has 0 amide bonds. The molecule has 0 aromatic heterocycles. The van der Waals surface area contributed by atoms with Crippen LogP contribution in [0.3, 0.4) is 0 Å². The molecule has 0 spiro atoms. The maximum atomic E-state index is 10.8. The molecule has 88 valence electrons. The van der Waals surface area contributed by atoms with Gasteiger partial charge in [0.05, 0.1) is 5.60 Å². The van der Waals surface area contributed by atoms with Crippen LogP contribution in [-0.4, -0.2) is 41.5 Å². The molecule has 0 aromatic rings. The SMILES string of the molecule is CC(=O)CCCN(C)CC1(O)CCCC1. The molecule has 0 radical (unpaired) electrons. The number of rotatable bonds is 6. The monoisotopic (exact) mass is 213 g/mol. The first kappa shape index (κ1) is 12.7. The Balaban J connectivity index is 2.17. The Labute approximate surface area is 92.5 Å². The second kappa shape index (κ2) is 5.61. The number of carbonyl (C=O) groups is 1. The lowest BCUT2D eigenvalue weighted by molar-refractivity contribution is -0.117. The van der Waals surface area contributed by atoms with Gasteiger partial charge in [0, 0.05) is 13.0 Å². The van der Waals surface area contributed by atoms with Crippen LogP contribution >= 0.6 is 0 Å². The molecule has 0 bridgehead atoms. The summed E-state index contributed by atoms with van der Waals surface area (Å²) in [7, 11) is 2.02. The summed E-state index contributed by atoms with van der Waals surface area (Å²) in [6.07, 6.45) is 5.73. The van der Waals surface area contributed by atoms with E-state index in [0.29, 0.717) is 6.42 Å². The average Bonchev–Trinajstić information content (AvgIpc) is 2.50. The third-order valence-electron chi connectivity index (χ3n) is 3.17. The van der Waals surface area contributed by atoms with E-state index in [2.05, 4.69) is 4.90 Å². The second-order valence-corrected chi connectivity index (χ2v) is 4.97. The summed E-state index contributed by atoms with van der Waals surface area (Å²) in [4.78, 5) is 12.9. The van der Waals surface area contributed by atoms with Gasteiger partial charge in [-0.15, -0.1) is 0 Å². The van der Waals surface area contributed by atoms with Crippen molar-refractivity contribution < 1.29 is 9.90 Å². The Morgan fingerprint density at radius 1 is 1.40 bits per heavy atom. The van der Waals surface area contributed by atoms with Gasteiger partial charge in [0.15, 0.2) is 0 Å². The summed E-state index contributed by atoms with van der Waals surface area (Å²) in [5, 5.41) is 10.2. The maximum absolute atomic E-state index is 10.8. The van der Waals surface area contributed by atoms with E-state index >= 15 is 0 Å². The van der Waals surface area contributed by atoms with Crippen LogP contribution in [0.25, 0.3) is 0 Å². The zero-order valence-electron chi connectivity index (χ0n) is 9.96. The maximum Gasteiger partial charge on any atom is 0.129 e. The van der Waals surface area contributed by atoms with E-state index in [9.17, 15) is 9.90 Å². The molecule has 1 aliphatic carbocycles. The van der Waals surface area contributed by atoms with E-state index in [4.69, 9.17) is 0 Å². The first-order valence-electron chi connectivity index (χ1n) is 5.92. The number of aliphatic hydroxyl groups is 1. The molecule has 0 aromatic carbocycles. The van der Waals surface area contributed by atoms with E-state index in [-0.39, 0.29) is 5.78 Å². The van der Waals surface area contributed by atoms with Gasteiger partial charge < -0.3 is 14.8 Å². The van der Waals surface area contributed by atoms with Crippen molar-refractivity contribution in [1.82, 2.24) is 4.90 Å². The average molecular weight is 213 g/mol. The Kier molecular flexibility index (Phi) is 4.74. The van der Waals surface area contributed by atoms with Crippen LogP contribution in [0.2, 0.25) is 0 Å². The Morgan fingerprint density at radius 3 is 2.53 bits per heavy atom. The highest BCUT2D eigenvalue weighted by Crippen LogP contribution is 2.29. The summed E-state index contributed by atoms with van der Waals surface area (Å²) < 4.78 is 0. The number of carbonyl (C=O) groups excluding carboxylic acids is 1.